The summed E-state index contributed by atoms with van der Waals surface area (Å²) in [6.07, 6.45) is 0.276. The predicted molar refractivity (Wildman–Crippen MR) is 65.1 cm³/mol. The molecule has 0 radical (unpaired) electrons. The molecule has 0 bridgehead atoms. The van der Waals surface area contributed by atoms with Gasteiger partial charge in [0.15, 0.2) is 0 Å². The van der Waals surface area contributed by atoms with Crippen molar-refractivity contribution in [2.24, 2.45) is 0 Å². The average Bonchev–Trinajstić information content (AvgIpc) is 2.33. The molecular formula is C13H9ClN2O. The zero-order valence-electron chi connectivity index (χ0n) is 8.93. The minimum absolute atomic E-state index is 0.276. The molecule has 1 aromatic carbocycles. The van der Waals surface area contributed by atoms with Gasteiger partial charge in [0.1, 0.15) is 5.75 Å². The highest BCUT2D eigenvalue weighted by atomic mass is 35.5. The van der Waals surface area contributed by atoms with Gasteiger partial charge in [0.25, 0.3) is 0 Å². The van der Waals surface area contributed by atoms with E-state index in [4.69, 9.17) is 21.6 Å². The summed E-state index contributed by atoms with van der Waals surface area (Å²) in [5.41, 5.74) is 0.693. The third-order valence-corrected chi connectivity index (χ3v) is 2.33. The Morgan fingerprint density at radius 2 is 1.94 bits per heavy atom. The third kappa shape index (κ3) is 3.20. The van der Waals surface area contributed by atoms with Crippen molar-refractivity contribution in [2.45, 2.75) is 6.42 Å². The molecule has 1 aromatic heterocycles. The Bertz CT molecular complexity index is 546. The fourth-order valence-electron chi connectivity index (χ4n) is 1.32. The Kier molecular flexibility index (Phi) is 3.59. The van der Waals surface area contributed by atoms with Crippen LogP contribution in [0.4, 0.5) is 0 Å². The number of hydrogen-bond donors (Lipinski definition) is 0. The van der Waals surface area contributed by atoms with Crippen LogP contribution >= 0.6 is 11.6 Å². The van der Waals surface area contributed by atoms with Gasteiger partial charge in [0, 0.05) is 11.1 Å². The fourth-order valence-corrected chi connectivity index (χ4v) is 1.44. The summed E-state index contributed by atoms with van der Waals surface area (Å²) >= 11 is 5.77. The van der Waals surface area contributed by atoms with Crippen LogP contribution in [-0.2, 0) is 6.42 Å². The second kappa shape index (κ2) is 5.33. The summed E-state index contributed by atoms with van der Waals surface area (Å²) in [5.74, 6) is 1.14. The molecule has 1 heterocycles. The molecule has 0 aliphatic carbocycles. The van der Waals surface area contributed by atoms with E-state index < -0.39 is 0 Å². The maximum atomic E-state index is 8.59. The van der Waals surface area contributed by atoms with Crippen LogP contribution in [0.1, 0.15) is 5.69 Å². The van der Waals surface area contributed by atoms with Gasteiger partial charge in [-0.1, -0.05) is 17.7 Å². The van der Waals surface area contributed by atoms with Crippen LogP contribution in [0.25, 0.3) is 0 Å². The van der Waals surface area contributed by atoms with E-state index in [1.165, 1.54) is 0 Å². The summed E-state index contributed by atoms with van der Waals surface area (Å²) in [6.45, 7) is 0. The lowest BCUT2D eigenvalue weighted by molar-refractivity contribution is 0.461. The van der Waals surface area contributed by atoms with E-state index in [1.54, 1.807) is 36.4 Å². The Morgan fingerprint density at radius 3 is 2.65 bits per heavy atom. The minimum atomic E-state index is 0.276. The molecule has 0 aliphatic heterocycles. The quantitative estimate of drug-likeness (QED) is 0.829. The molecule has 3 nitrogen and oxygen atoms in total. The molecule has 0 spiro atoms. The molecule has 2 rings (SSSR count). The molecule has 0 saturated carbocycles. The summed E-state index contributed by atoms with van der Waals surface area (Å²) < 4.78 is 5.54. The van der Waals surface area contributed by atoms with E-state index in [0.29, 0.717) is 22.3 Å². The lowest BCUT2D eigenvalue weighted by Crippen LogP contribution is -1.92. The van der Waals surface area contributed by atoms with Gasteiger partial charge in [0.2, 0.25) is 5.88 Å². The van der Waals surface area contributed by atoms with Crippen molar-refractivity contribution < 1.29 is 4.74 Å². The zero-order chi connectivity index (χ0) is 12.1. The zero-order valence-corrected chi connectivity index (χ0v) is 9.69. The number of nitriles is 1. The normalized spacial score (nSPS) is 9.65. The molecule has 0 fully saturated rings. The van der Waals surface area contributed by atoms with Crippen molar-refractivity contribution in [1.29, 1.82) is 5.26 Å². The van der Waals surface area contributed by atoms with Gasteiger partial charge < -0.3 is 4.74 Å². The van der Waals surface area contributed by atoms with E-state index in [0.717, 1.165) is 0 Å². The van der Waals surface area contributed by atoms with Crippen LogP contribution in [0.15, 0.2) is 42.5 Å². The first kappa shape index (κ1) is 11.4. The van der Waals surface area contributed by atoms with E-state index in [1.807, 2.05) is 12.1 Å². The first-order valence-corrected chi connectivity index (χ1v) is 5.42. The number of pyridine rings is 1. The maximum Gasteiger partial charge on any atom is 0.219 e. The number of rotatable bonds is 3. The molecule has 0 atom stereocenters. The van der Waals surface area contributed by atoms with Gasteiger partial charge in [-0.3, -0.25) is 0 Å². The SMILES string of the molecule is N#CCc1cccc(Oc2ccc(Cl)cc2)n1. The van der Waals surface area contributed by atoms with E-state index in [-0.39, 0.29) is 6.42 Å². The molecule has 84 valence electrons. The van der Waals surface area contributed by atoms with E-state index in [9.17, 15) is 0 Å². The highest BCUT2D eigenvalue weighted by Gasteiger charge is 2.00. The Morgan fingerprint density at radius 1 is 1.18 bits per heavy atom. The van der Waals surface area contributed by atoms with Crippen LogP contribution in [0, 0.1) is 11.3 Å². The number of hydrogen-bond acceptors (Lipinski definition) is 3. The van der Waals surface area contributed by atoms with E-state index >= 15 is 0 Å². The van der Waals surface area contributed by atoms with Crippen molar-refractivity contribution in [3.8, 4) is 17.7 Å². The van der Waals surface area contributed by atoms with Gasteiger partial charge in [-0.15, -0.1) is 0 Å². The predicted octanol–water partition coefficient (Wildman–Crippen LogP) is 3.59. The second-order valence-corrected chi connectivity index (χ2v) is 3.79. The number of nitrogens with zero attached hydrogens (tertiary/aromatic N) is 2. The number of ether oxygens (including phenoxy) is 1. The highest BCUT2D eigenvalue weighted by Crippen LogP contribution is 2.21. The molecule has 0 N–H and O–H groups in total. The van der Waals surface area contributed by atoms with Crippen LogP contribution in [0.3, 0.4) is 0 Å². The van der Waals surface area contributed by atoms with Gasteiger partial charge in [-0.05, 0) is 30.3 Å². The lowest BCUT2D eigenvalue weighted by atomic mass is 10.3. The standard InChI is InChI=1S/C13H9ClN2O/c14-10-4-6-12(7-5-10)17-13-3-1-2-11(16-13)8-9-15/h1-7H,8H2. The molecule has 0 amide bonds. The third-order valence-electron chi connectivity index (χ3n) is 2.08. The maximum absolute atomic E-state index is 8.59. The Balaban J connectivity index is 2.16. The first-order chi connectivity index (χ1) is 8.28. The topological polar surface area (TPSA) is 45.9 Å². The Labute approximate surface area is 104 Å². The summed E-state index contributed by atoms with van der Waals surface area (Å²) in [7, 11) is 0. The largest absolute Gasteiger partial charge is 0.439 e. The molecule has 2 aromatic rings. The van der Waals surface area contributed by atoms with Crippen molar-refractivity contribution in [3.05, 3.63) is 53.2 Å². The molecule has 0 saturated heterocycles. The number of aromatic nitrogens is 1. The van der Waals surface area contributed by atoms with Crippen molar-refractivity contribution in [2.75, 3.05) is 0 Å². The van der Waals surface area contributed by atoms with Crippen molar-refractivity contribution >= 4 is 11.6 Å². The summed E-state index contributed by atoms with van der Waals surface area (Å²) in [6, 6.07) is 14.4. The van der Waals surface area contributed by atoms with E-state index in [2.05, 4.69) is 4.98 Å². The number of halogens is 1. The Hall–Kier alpha value is -2.05. The minimum Gasteiger partial charge on any atom is -0.439 e. The average molecular weight is 245 g/mol. The molecule has 0 unspecified atom stereocenters. The van der Waals surface area contributed by atoms with Gasteiger partial charge in [-0.25, -0.2) is 4.98 Å². The van der Waals surface area contributed by atoms with Crippen molar-refractivity contribution in [3.63, 3.8) is 0 Å². The molecule has 0 aliphatic rings. The molecular weight excluding hydrogens is 236 g/mol. The fraction of sp³-hybridized carbons (Fsp3) is 0.0769. The summed E-state index contributed by atoms with van der Waals surface area (Å²) in [4.78, 5) is 4.20. The van der Waals surface area contributed by atoms with Crippen LogP contribution in [-0.4, -0.2) is 4.98 Å². The smallest absolute Gasteiger partial charge is 0.219 e. The molecule has 17 heavy (non-hydrogen) atoms. The van der Waals surface area contributed by atoms with Crippen molar-refractivity contribution in [1.82, 2.24) is 4.98 Å². The van der Waals surface area contributed by atoms with Crippen LogP contribution in [0.5, 0.6) is 11.6 Å². The first-order valence-electron chi connectivity index (χ1n) is 5.04. The van der Waals surface area contributed by atoms with Gasteiger partial charge in [0.05, 0.1) is 18.2 Å². The van der Waals surface area contributed by atoms with Crippen LogP contribution in [0.2, 0.25) is 5.02 Å². The van der Waals surface area contributed by atoms with Gasteiger partial charge >= 0.3 is 0 Å². The summed E-state index contributed by atoms with van der Waals surface area (Å²) in [5, 5.41) is 9.24. The van der Waals surface area contributed by atoms with Crippen LogP contribution < -0.4 is 4.74 Å². The monoisotopic (exact) mass is 244 g/mol. The molecule has 4 heteroatoms. The second-order valence-electron chi connectivity index (χ2n) is 3.36. The van der Waals surface area contributed by atoms with Gasteiger partial charge in [-0.2, -0.15) is 5.26 Å². The highest BCUT2D eigenvalue weighted by molar-refractivity contribution is 6.30. The lowest BCUT2D eigenvalue weighted by Gasteiger charge is -2.05. The number of benzene rings is 1.